The minimum Gasteiger partial charge on any atom is -0.323 e. The normalized spacial score (nSPS) is 15.9. The Morgan fingerprint density at radius 2 is 2.12 bits per heavy atom. The van der Waals surface area contributed by atoms with Crippen molar-refractivity contribution in [2.75, 3.05) is 0 Å². The molecule has 0 fully saturated rings. The van der Waals surface area contributed by atoms with E-state index in [1.807, 2.05) is 19.4 Å². The highest BCUT2D eigenvalue weighted by molar-refractivity contribution is 5.43. The summed E-state index contributed by atoms with van der Waals surface area (Å²) >= 11 is 0. The van der Waals surface area contributed by atoms with Crippen molar-refractivity contribution < 1.29 is 0 Å². The van der Waals surface area contributed by atoms with Crippen molar-refractivity contribution in [2.24, 2.45) is 5.73 Å². The van der Waals surface area contributed by atoms with E-state index in [0.717, 1.165) is 5.69 Å². The van der Waals surface area contributed by atoms with E-state index in [2.05, 4.69) is 27.8 Å². The highest BCUT2D eigenvalue weighted by atomic mass is 15.1. The predicted molar refractivity (Wildman–Crippen MR) is 68.2 cm³/mol. The first-order chi connectivity index (χ1) is 8.25. The number of nitrogens with two attached hydrogens (primary N) is 1. The van der Waals surface area contributed by atoms with Crippen LogP contribution < -0.4 is 5.73 Å². The number of aryl methyl sites for hydroxylation is 2. The van der Waals surface area contributed by atoms with Crippen LogP contribution in [-0.4, -0.2) is 9.55 Å². The Morgan fingerprint density at radius 3 is 2.94 bits per heavy atom. The van der Waals surface area contributed by atoms with Gasteiger partial charge in [0.1, 0.15) is 0 Å². The summed E-state index contributed by atoms with van der Waals surface area (Å²) < 4.78 is 2.09. The fourth-order valence-electron chi connectivity index (χ4n) is 2.57. The number of hydrogen-bond donors (Lipinski definition) is 1. The Kier molecular flexibility index (Phi) is 2.48. The fraction of sp³-hybridized carbons (Fsp3) is 0.357. The number of aromatic nitrogens is 2. The van der Waals surface area contributed by atoms with E-state index in [1.54, 1.807) is 0 Å². The van der Waals surface area contributed by atoms with Gasteiger partial charge in [-0.2, -0.15) is 0 Å². The van der Waals surface area contributed by atoms with E-state index in [-0.39, 0.29) is 6.04 Å². The van der Waals surface area contributed by atoms with Gasteiger partial charge < -0.3 is 10.3 Å². The third-order valence-electron chi connectivity index (χ3n) is 3.49. The van der Waals surface area contributed by atoms with Gasteiger partial charge in [-0.05, 0) is 49.4 Å². The van der Waals surface area contributed by atoms with Crippen molar-refractivity contribution in [3.63, 3.8) is 0 Å². The molecule has 0 saturated carbocycles. The molecule has 0 bridgehead atoms. The maximum Gasteiger partial charge on any atom is 0.0994 e. The Morgan fingerprint density at radius 1 is 1.29 bits per heavy atom. The molecule has 3 heteroatoms. The summed E-state index contributed by atoms with van der Waals surface area (Å²) in [6.07, 6.45) is 7.39. The standard InChI is InChI=1S/C14H17N3/c1-10(15)14-8-16-9-17(14)13-6-5-11-3-2-4-12(11)7-13/h5-10H,2-4,15H2,1H3/t10-/m1/s1. The summed E-state index contributed by atoms with van der Waals surface area (Å²) in [7, 11) is 0. The lowest BCUT2D eigenvalue weighted by molar-refractivity contribution is 0.752. The van der Waals surface area contributed by atoms with Crippen LogP contribution in [0.15, 0.2) is 30.7 Å². The minimum atomic E-state index is 0.00533. The molecule has 0 unspecified atom stereocenters. The molecule has 1 aliphatic rings. The molecule has 2 aromatic rings. The molecular formula is C14H17N3. The van der Waals surface area contributed by atoms with Crippen LogP contribution in [0.25, 0.3) is 5.69 Å². The van der Waals surface area contributed by atoms with Crippen LogP contribution in [0.2, 0.25) is 0 Å². The van der Waals surface area contributed by atoms with Crippen LogP contribution in [0, 0.1) is 0 Å². The molecule has 88 valence electrons. The second kappa shape index (κ2) is 4.00. The first-order valence-electron chi connectivity index (χ1n) is 6.15. The summed E-state index contributed by atoms with van der Waals surface area (Å²) in [5, 5.41) is 0. The van der Waals surface area contributed by atoms with E-state index in [4.69, 9.17) is 5.73 Å². The molecule has 1 aliphatic carbocycles. The molecule has 0 radical (unpaired) electrons. The van der Waals surface area contributed by atoms with Gasteiger partial charge in [-0.25, -0.2) is 4.98 Å². The summed E-state index contributed by atoms with van der Waals surface area (Å²) in [6, 6.07) is 6.68. The lowest BCUT2D eigenvalue weighted by atomic mass is 10.1. The molecule has 0 saturated heterocycles. The van der Waals surface area contributed by atoms with Crippen molar-refractivity contribution >= 4 is 0 Å². The molecule has 1 aromatic carbocycles. The molecule has 0 aliphatic heterocycles. The number of imidazole rings is 1. The van der Waals surface area contributed by atoms with Gasteiger partial charge in [0, 0.05) is 11.7 Å². The zero-order valence-corrected chi connectivity index (χ0v) is 10.1. The van der Waals surface area contributed by atoms with Crippen molar-refractivity contribution in [3.8, 4) is 5.69 Å². The number of fused-ring (bicyclic) bond motifs is 1. The number of benzene rings is 1. The smallest absolute Gasteiger partial charge is 0.0994 e. The Bertz CT molecular complexity index is 540. The van der Waals surface area contributed by atoms with Gasteiger partial charge in [-0.3, -0.25) is 0 Å². The molecule has 3 nitrogen and oxygen atoms in total. The third kappa shape index (κ3) is 1.76. The highest BCUT2D eigenvalue weighted by Crippen LogP contribution is 2.25. The molecule has 1 aromatic heterocycles. The van der Waals surface area contributed by atoms with Gasteiger partial charge in [0.25, 0.3) is 0 Å². The highest BCUT2D eigenvalue weighted by Gasteiger charge is 2.13. The number of nitrogens with zero attached hydrogens (tertiary/aromatic N) is 2. The molecule has 0 spiro atoms. The van der Waals surface area contributed by atoms with Crippen molar-refractivity contribution in [3.05, 3.63) is 47.5 Å². The van der Waals surface area contributed by atoms with Gasteiger partial charge in [0.15, 0.2) is 0 Å². The first kappa shape index (κ1) is 10.5. The molecule has 3 rings (SSSR count). The van der Waals surface area contributed by atoms with Gasteiger partial charge >= 0.3 is 0 Å². The van der Waals surface area contributed by atoms with E-state index >= 15 is 0 Å². The van der Waals surface area contributed by atoms with Gasteiger partial charge in [-0.1, -0.05) is 6.07 Å². The molecule has 2 N–H and O–H groups in total. The fourth-order valence-corrected chi connectivity index (χ4v) is 2.57. The zero-order chi connectivity index (χ0) is 11.8. The maximum absolute atomic E-state index is 5.95. The van der Waals surface area contributed by atoms with Gasteiger partial charge in [0.05, 0.1) is 18.2 Å². The first-order valence-corrected chi connectivity index (χ1v) is 6.15. The largest absolute Gasteiger partial charge is 0.323 e. The Labute approximate surface area is 101 Å². The monoisotopic (exact) mass is 227 g/mol. The van der Waals surface area contributed by atoms with E-state index in [1.165, 1.54) is 36.1 Å². The lowest BCUT2D eigenvalue weighted by Crippen LogP contribution is -2.10. The summed E-state index contributed by atoms with van der Waals surface area (Å²) in [5.41, 5.74) is 11.2. The summed E-state index contributed by atoms with van der Waals surface area (Å²) in [5.74, 6) is 0. The second-order valence-electron chi connectivity index (χ2n) is 4.78. The number of hydrogen-bond acceptors (Lipinski definition) is 2. The quantitative estimate of drug-likeness (QED) is 0.856. The summed E-state index contributed by atoms with van der Waals surface area (Å²) in [4.78, 5) is 4.20. The van der Waals surface area contributed by atoms with Gasteiger partial charge in [-0.15, -0.1) is 0 Å². The van der Waals surface area contributed by atoms with Crippen LogP contribution in [0.1, 0.15) is 36.2 Å². The zero-order valence-electron chi connectivity index (χ0n) is 10.1. The maximum atomic E-state index is 5.95. The Hall–Kier alpha value is -1.61. The van der Waals surface area contributed by atoms with E-state index in [0.29, 0.717) is 0 Å². The van der Waals surface area contributed by atoms with Crippen molar-refractivity contribution in [1.29, 1.82) is 0 Å². The third-order valence-corrected chi connectivity index (χ3v) is 3.49. The van der Waals surface area contributed by atoms with Crippen LogP contribution >= 0.6 is 0 Å². The summed E-state index contributed by atoms with van der Waals surface area (Å²) in [6.45, 7) is 1.99. The second-order valence-corrected chi connectivity index (χ2v) is 4.78. The molecule has 1 atom stereocenters. The molecule has 17 heavy (non-hydrogen) atoms. The average Bonchev–Trinajstić information content (AvgIpc) is 2.96. The molecular weight excluding hydrogens is 210 g/mol. The van der Waals surface area contributed by atoms with Crippen LogP contribution in [0.5, 0.6) is 0 Å². The average molecular weight is 227 g/mol. The minimum absolute atomic E-state index is 0.00533. The number of rotatable bonds is 2. The van der Waals surface area contributed by atoms with Crippen LogP contribution in [0.3, 0.4) is 0 Å². The van der Waals surface area contributed by atoms with E-state index in [9.17, 15) is 0 Å². The van der Waals surface area contributed by atoms with Crippen LogP contribution in [-0.2, 0) is 12.8 Å². The lowest BCUT2D eigenvalue weighted by Gasteiger charge is -2.12. The molecule has 0 amide bonds. The van der Waals surface area contributed by atoms with Gasteiger partial charge in [0.2, 0.25) is 0 Å². The topological polar surface area (TPSA) is 43.8 Å². The predicted octanol–water partition coefficient (Wildman–Crippen LogP) is 2.38. The molecule has 1 heterocycles. The van der Waals surface area contributed by atoms with E-state index < -0.39 is 0 Å². The van der Waals surface area contributed by atoms with Crippen molar-refractivity contribution in [2.45, 2.75) is 32.2 Å². The SMILES string of the molecule is C[C@@H](N)c1cncn1-c1ccc2c(c1)CCC2. The Balaban J connectivity index is 2.06. The van der Waals surface area contributed by atoms with Crippen LogP contribution in [0.4, 0.5) is 0 Å². The van der Waals surface area contributed by atoms with Crippen molar-refractivity contribution in [1.82, 2.24) is 9.55 Å².